The Kier molecular flexibility index (Phi) is 6.89. The van der Waals surface area contributed by atoms with Crippen molar-refractivity contribution in [1.82, 2.24) is 10.0 Å². The first-order valence-corrected chi connectivity index (χ1v) is 11.6. The predicted molar refractivity (Wildman–Crippen MR) is 116 cm³/mol. The molecule has 30 heavy (non-hydrogen) atoms. The molecular formula is C22H27N3O4S. The molecule has 0 saturated heterocycles. The molecule has 8 heteroatoms. The zero-order valence-electron chi connectivity index (χ0n) is 17.1. The highest BCUT2D eigenvalue weighted by atomic mass is 32.2. The van der Waals surface area contributed by atoms with Crippen molar-refractivity contribution in [2.75, 3.05) is 5.32 Å². The summed E-state index contributed by atoms with van der Waals surface area (Å²) in [4.78, 5) is 25.2. The fraction of sp³-hybridized carbons (Fsp3) is 0.364. The number of amides is 2. The molecule has 1 saturated carbocycles. The quantitative estimate of drug-likeness (QED) is 0.628. The summed E-state index contributed by atoms with van der Waals surface area (Å²) in [5, 5.41) is 5.52. The summed E-state index contributed by atoms with van der Waals surface area (Å²) < 4.78 is 28.1. The molecule has 0 radical (unpaired) electrons. The lowest BCUT2D eigenvalue weighted by Crippen LogP contribution is -2.32. The molecule has 0 bridgehead atoms. The van der Waals surface area contributed by atoms with Gasteiger partial charge in [-0.3, -0.25) is 9.59 Å². The molecule has 1 fully saturated rings. The molecule has 0 aliphatic heterocycles. The van der Waals surface area contributed by atoms with Crippen molar-refractivity contribution >= 4 is 27.5 Å². The van der Waals surface area contributed by atoms with Crippen LogP contribution in [-0.2, 0) is 10.0 Å². The second kappa shape index (κ2) is 9.40. The third-order valence-electron chi connectivity index (χ3n) is 4.92. The van der Waals surface area contributed by atoms with Crippen molar-refractivity contribution in [2.45, 2.75) is 56.5 Å². The highest BCUT2D eigenvalue weighted by Crippen LogP contribution is 2.22. The number of carbonyl (C=O) groups excluding carboxylic acids is 2. The van der Waals surface area contributed by atoms with Gasteiger partial charge in [0.25, 0.3) is 11.8 Å². The van der Waals surface area contributed by atoms with Crippen LogP contribution in [0.5, 0.6) is 0 Å². The zero-order chi connectivity index (χ0) is 21.7. The Hall–Kier alpha value is -2.71. The lowest BCUT2D eigenvalue weighted by molar-refractivity contribution is 0.0944. The van der Waals surface area contributed by atoms with Crippen LogP contribution in [0, 0.1) is 0 Å². The molecule has 0 unspecified atom stereocenters. The number of hydrogen-bond acceptors (Lipinski definition) is 4. The van der Waals surface area contributed by atoms with E-state index in [4.69, 9.17) is 0 Å². The third kappa shape index (κ3) is 5.46. The van der Waals surface area contributed by atoms with Gasteiger partial charge in [0.2, 0.25) is 10.0 Å². The monoisotopic (exact) mass is 429 g/mol. The number of benzene rings is 2. The molecule has 1 aliphatic rings. The molecule has 0 atom stereocenters. The Morgan fingerprint density at radius 1 is 0.967 bits per heavy atom. The van der Waals surface area contributed by atoms with E-state index in [1.807, 2.05) is 13.8 Å². The first kappa shape index (κ1) is 22.0. The van der Waals surface area contributed by atoms with Gasteiger partial charge >= 0.3 is 0 Å². The van der Waals surface area contributed by atoms with Crippen LogP contribution >= 0.6 is 0 Å². The molecule has 3 rings (SSSR count). The molecule has 1 aliphatic carbocycles. The van der Waals surface area contributed by atoms with Crippen molar-refractivity contribution in [3.05, 3.63) is 59.7 Å². The van der Waals surface area contributed by atoms with Crippen molar-refractivity contribution in [3.8, 4) is 0 Å². The van der Waals surface area contributed by atoms with Gasteiger partial charge in [0.15, 0.2) is 0 Å². The van der Waals surface area contributed by atoms with Crippen LogP contribution in [-0.4, -0.2) is 32.3 Å². The minimum atomic E-state index is -3.70. The highest BCUT2D eigenvalue weighted by Gasteiger charge is 2.24. The van der Waals surface area contributed by atoms with Gasteiger partial charge in [0, 0.05) is 17.6 Å². The van der Waals surface area contributed by atoms with Crippen LogP contribution < -0.4 is 15.4 Å². The predicted octanol–water partition coefficient (Wildman–Crippen LogP) is 3.30. The van der Waals surface area contributed by atoms with Crippen molar-refractivity contribution in [2.24, 2.45) is 0 Å². The number of anilines is 1. The van der Waals surface area contributed by atoms with E-state index in [1.165, 1.54) is 18.2 Å². The lowest BCUT2D eigenvalue weighted by atomic mass is 10.1. The van der Waals surface area contributed by atoms with Gasteiger partial charge in [-0.25, -0.2) is 13.1 Å². The average molecular weight is 430 g/mol. The van der Waals surface area contributed by atoms with Gasteiger partial charge < -0.3 is 10.6 Å². The van der Waals surface area contributed by atoms with Crippen molar-refractivity contribution in [1.29, 1.82) is 0 Å². The van der Waals surface area contributed by atoms with Crippen LogP contribution in [0.3, 0.4) is 0 Å². The summed E-state index contributed by atoms with van der Waals surface area (Å²) in [7, 11) is -3.70. The number of para-hydroxylation sites is 1. The molecule has 0 heterocycles. The van der Waals surface area contributed by atoms with Crippen molar-refractivity contribution < 1.29 is 18.0 Å². The lowest BCUT2D eigenvalue weighted by Gasteiger charge is -2.14. The maximum atomic E-state index is 12.8. The summed E-state index contributed by atoms with van der Waals surface area (Å²) >= 11 is 0. The van der Waals surface area contributed by atoms with E-state index in [1.54, 1.807) is 30.3 Å². The zero-order valence-corrected chi connectivity index (χ0v) is 18.0. The molecular weight excluding hydrogens is 402 g/mol. The summed E-state index contributed by atoms with van der Waals surface area (Å²) in [6.07, 6.45) is 3.68. The fourth-order valence-corrected chi connectivity index (χ4v) is 4.81. The van der Waals surface area contributed by atoms with Crippen LogP contribution in [0.1, 0.15) is 60.2 Å². The Labute approximate surface area is 177 Å². The second-order valence-electron chi connectivity index (χ2n) is 7.76. The number of nitrogens with one attached hydrogen (secondary N) is 3. The largest absolute Gasteiger partial charge is 0.350 e. The van der Waals surface area contributed by atoms with E-state index < -0.39 is 15.9 Å². The van der Waals surface area contributed by atoms with E-state index in [2.05, 4.69) is 15.4 Å². The Bertz CT molecular complexity index is 1030. The topological polar surface area (TPSA) is 104 Å². The Morgan fingerprint density at radius 2 is 1.67 bits per heavy atom. The van der Waals surface area contributed by atoms with Gasteiger partial charge in [-0.1, -0.05) is 31.0 Å². The van der Waals surface area contributed by atoms with Crippen LogP contribution in [0.15, 0.2) is 53.4 Å². The fourth-order valence-electron chi connectivity index (χ4n) is 3.46. The molecule has 2 aromatic carbocycles. The summed E-state index contributed by atoms with van der Waals surface area (Å²) in [5.41, 5.74) is 0.896. The van der Waals surface area contributed by atoms with Crippen LogP contribution in [0.4, 0.5) is 5.69 Å². The smallest absolute Gasteiger partial charge is 0.255 e. The van der Waals surface area contributed by atoms with E-state index in [0.717, 1.165) is 25.7 Å². The van der Waals surface area contributed by atoms with Gasteiger partial charge in [-0.2, -0.15) is 0 Å². The molecule has 2 aromatic rings. The number of carbonyl (C=O) groups is 2. The van der Waals surface area contributed by atoms with Crippen LogP contribution in [0.2, 0.25) is 0 Å². The molecule has 2 amide bonds. The Balaban J connectivity index is 1.79. The first-order chi connectivity index (χ1) is 14.3. The van der Waals surface area contributed by atoms with Crippen LogP contribution in [0.25, 0.3) is 0 Å². The van der Waals surface area contributed by atoms with Gasteiger partial charge in [-0.05, 0) is 57.0 Å². The maximum absolute atomic E-state index is 12.8. The third-order valence-corrected chi connectivity index (χ3v) is 6.44. The van der Waals surface area contributed by atoms with E-state index in [-0.39, 0.29) is 28.4 Å². The molecule has 7 nitrogen and oxygen atoms in total. The summed E-state index contributed by atoms with van der Waals surface area (Å²) in [6.45, 7) is 3.70. The highest BCUT2D eigenvalue weighted by molar-refractivity contribution is 7.89. The number of sulfonamides is 1. The van der Waals surface area contributed by atoms with Gasteiger partial charge in [0.05, 0.1) is 16.1 Å². The van der Waals surface area contributed by atoms with Gasteiger partial charge in [0.1, 0.15) is 0 Å². The van der Waals surface area contributed by atoms with Crippen molar-refractivity contribution in [3.63, 3.8) is 0 Å². The molecule has 160 valence electrons. The minimum Gasteiger partial charge on any atom is -0.350 e. The normalized spacial score (nSPS) is 14.6. The average Bonchev–Trinajstić information content (AvgIpc) is 3.20. The summed E-state index contributed by atoms with van der Waals surface area (Å²) in [5.74, 6) is -0.782. The first-order valence-electron chi connectivity index (χ1n) is 10.1. The van der Waals surface area contributed by atoms with Gasteiger partial charge in [-0.15, -0.1) is 0 Å². The SMILES string of the molecule is CC(C)NC(=O)c1ccccc1NC(=O)c1cccc(S(=O)(=O)NC2CCCC2)c1. The molecule has 0 aromatic heterocycles. The van der Waals surface area contributed by atoms with E-state index >= 15 is 0 Å². The second-order valence-corrected chi connectivity index (χ2v) is 9.47. The minimum absolute atomic E-state index is 0.0458. The maximum Gasteiger partial charge on any atom is 0.255 e. The van der Waals surface area contributed by atoms with E-state index in [0.29, 0.717) is 11.3 Å². The summed E-state index contributed by atoms with van der Waals surface area (Å²) in [6, 6.07) is 12.5. The standard InChI is InChI=1S/C22H27N3O4S/c1-15(2)23-22(27)19-12-5-6-13-20(19)24-21(26)16-8-7-11-18(14-16)30(28,29)25-17-9-3-4-10-17/h5-8,11-15,17,25H,3-4,9-10H2,1-2H3,(H,23,27)(H,24,26). The molecule has 3 N–H and O–H groups in total. The molecule has 0 spiro atoms. The number of rotatable bonds is 7. The Morgan fingerprint density at radius 3 is 2.37 bits per heavy atom. The number of hydrogen-bond donors (Lipinski definition) is 3. The van der Waals surface area contributed by atoms with E-state index in [9.17, 15) is 18.0 Å².